The molecule has 0 N–H and O–H groups in total. The molecule has 3 nitrogen and oxygen atoms in total. The van der Waals surface area contributed by atoms with Gasteiger partial charge in [-0.3, -0.25) is 0 Å². The first-order chi connectivity index (χ1) is 9.81. The molecule has 2 rings (SSSR count). The first kappa shape index (κ1) is 14.3. The van der Waals surface area contributed by atoms with E-state index in [9.17, 15) is 4.79 Å². The fraction of sp³-hybridized carbons (Fsp3) is 0.235. The van der Waals surface area contributed by atoms with Gasteiger partial charge in [-0.1, -0.05) is 54.6 Å². The average molecular weight is 270 g/mol. The van der Waals surface area contributed by atoms with Crippen LogP contribution in [0.25, 0.3) is 11.1 Å². The summed E-state index contributed by atoms with van der Waals surface area (Å²) in [7, 11) is 0. The molecular weight excluding hydrogens is 252 g/mol. The Bertz CT molecular complexity index is 549. The fourth-order valence-corrected chi connectivity index (χ4v) is 1.99. The van der Waals surface area contributed by atoms with E-state index in [4.69, 9.17) is 9.47 Å². The van der Waals surface area contributed by atoms with Crippen molar-refractivity contribution in [3.8, 4) is 11.1 Å². The highest BCUT2D eigenvalue weighted by Crippen LogP contribution is 2.23. The maximum atomic E-state index is 11.2. The maximum absolute atomic E-state index is 11.2. The van der Waals surface area contributed by atoms with Crippen LogP contribution >= 0.6 is 0 Å². The molecule has 3 heteroatoms. The van der Waals surface area contributed by atoms with Crippen LogP contribution in [0.4, 0.5) is 0 Å². The lowest BCUT2D eigenvalue weighted by Gasteiger charge is -2.10. The zero-order chi connectivity index (χ0) is 14.2. The summed E-state index contributed by atoms with van der Waals surface area (Å²) in [5.74, 6) is -0.329. The highest BCUT2D eigenvalue weighted by molar-refractivity contribution is 5.70. The molecule has 0 bridgehead atoms. The van der Waals surface area contributed by atoms with Gasteiger partial charge in [-0.25, -0.2) is 4.79 Å². The van der Waals surface area contributed by atoms with Crippen molar-refractivity contribution in [3.63, 3.8) is 0 Å². The van der Waals surface area contributed by atoms with E-state index in [1.54, 1.807) is 6.92 Å². The molecule has 0 aliphatic carbocycles. The Labute approximate surface area is 119 Å². The molecule has 0 spiro atoms. The molecule has 20 heavy (non-hydrogen) atoms. The van der Waals surface area contributed by atoms with E-state index >= 15 is 0 Å². The molecule has 0 radical (unpaired) electrons. The third-order valence-corrected chi connectivity index (χ3v) is 2.88. The lowest BCUT2D eigenvalue weighted by atomic mass is 10.0. The smallest absolute Gasteiger partial charge is 0.332 e. The van der Waals surface area contributed by atoms with Gasteiger partial charge in [0, 0.05) is 0 Å². The Hall–Kier alpha value is -2.13. The van der Waals surface area contributed by atoms with Gasteiger partial charge in [0.1, 0.15) is 6.61 Å². The second-order valence-electron chi connectivity index (χ2n) is 4.32. The lowest BCUT2D eigenvalue weighted by molar-refractivity contribution is -0.148. The lowest BCUT2D eigenvalue weighted by Crippen LogP contribution is -2.12. The van der Waals surface area contributed by atoms with Crippen molar-refractivity contribution in [2.24, 2.45) is 0 Å². The monoisotopic (exact) mass is 270 g/mol. The van der Waals surface area contributed by atoms with Gasteiger partial charge in [-0.2, -0.15) is 0 Å². The summed E-state index contributed by atoms with van der Waals surface area (Å²) < 4.78 is 10.3. The third kappa shape index (κ3) is 3.93. The second-order valence-corrected chi connectivity index (χ2v) is 4.32. The molecule has 0 aliphatic rings. The average Bonchev–Trinajstić information content (AvgIpc) is 2.49. The summed E-state index contributed by atoms with van der Waals surface area (Å²) in [6, 6.07) is 18.1. The largest absolute Gasteiger partial charge is 0.464 e. The summed E-state index contributed by atoms with van der Waals surface area (Å²) in [6.45, 7) is 2.53. The Morgan fingerprint density at radius 2 is 1.70 bits per heavy atom. The summed E-state index contributed by atoms with van der Waals surface area (Å²) in [5.41, 5.74) is 3.32. The van der Waals surface area contributed by atoms with Crippen molar-refractivity contribution < 1.29 is 14.3 Å². The van der Waals surface area contributed by atoms with Crippen LogP contribution in [0.3, 0.4) is 0 Å². The number of esters is 1. The summed E-state index contributed by atoms with van der Waals surface area (Å²) in [4.78, 5) is 11.2. The minimum atomic E-state index is -0.329. The first-order valence-corrected chi connectivity index (χ1v) is 6.68. The van der Waals surface area contributed by atoms with Crippen LogP contribution in [0.5, 0.6) is 0 Å². The van der Waals surface area contributed by atoms with Crippen LogP contribution < -0.4 is 0 Å². The molecular formula is C17H18O3. The summed E-state index contributed by atoms with van der Waals surface area (Å²) >= 11 is 0. The van der Waals surface area contributed by atoms with Gasteiger partial charge in [-0.05, 0) is 23.6 Å². The molecule has 0 unspecified atom stereocenters. The highest BCUT2D eigenvalue weighted by Gasteiger charge is 2.06. The predicted octanol–water partition coefficient (Wildman–Crippen LogP) is 3.43. The number of benzene rings is 2. The molecule has 2 aromatic rings. The number of hydrogen-bond donors (Lipinski definition) is 0. The Kier molecular flexibility index (Phi) is 5.33. The molecule has 0 aliphatic heterocycles. The van der Waals surface area contributed by atoms with Crippen molar-refractivity contribution in [2.45, 2.75) is 13.5 Å². The molecule has 0 heterocycles. The number of rotatable bonds is 6. The molecule has 0 aromatic heterocycles. The van der Waals surface area contributed by atoms with Crippen molar-refractivity contribution in [3.05, 3.63) is 60.2 Å². The van der Waals surface area contributed by atoms with Gasteiger partial charge in [0.2, 0.25) is 0 Å². The van der Waals surface area contributed by atoms with E-state index in [1.807, 2.05) is 36.4 Å². The maximum Gasteiger partial charge on any atom is 0.332 e. The van der Waals surface area contributed by atoms with Gasteiger partial charge >= 0.3 is 5.97 Å². The number of hydrogen-bond acceptors (Lipinski definition) is 3. The van der Waals surface area contributed by atoms with Gasteiger partial charge in [0.15, 0.2) is 0 Å². The van der Waals surface area contributed by atoms with Crippen molar-refractivity contribution in [1.29, 1.82) is 0 Å². The zero-order valence-electron chi connectivity index (χ0n) is 11.5. The SMILES string of the molecule is CCOC(=O)COCc1ccccc1-c1ccccc1. The molecule has 0 fully saturated rings. The van der Waals surface area contributed by atoms with Gasteiger partial charge in [0.25, 0.3) is 0 Å². The van der Waals surface area contributed by atoms with Crippen molar-refractivity contribution >= 4 is 5.97 Å². The standard InChI is InChI=1S/C17H18O3/c1-2-20-17(18)13-19-12-15-10-6-7-11-16(15)14-8-4-3-5-9-14/h3-11H,2,12-13H2,1H3. The third-order valence-electron chi connectivity index (χ3n) is 2.88. The minimum Gasteiger partial charge on any atom is -0.464 e. The Morgan fingerprint density at radius 3 is 2.45 bits per heavy atom. The fourth-order valence-electron chi connectivity index (χ4n) is 1.99. The topological polar surface area (TPSA) is 35.5 Å². The van der Waals surface area contributed by atoms with Crippen molar-refractivity contribution in [2.75, 3.05) is 13.2 Å². The van der Waals surface area contributed by atoms with E-state index < -0.39 is 0 Å². The van der Waals surface area contributed by atoms with Crippen LogP contribution in [0.2, 0.25) is 0 Å². The number of carbonyl (C=O) groups excluding carboxylic acids is 1. The van der Waals surface area contributed by atoms with Crippen LogP contribution in [0.15, 0.2) is 54.6 Å². The summed E-state index contributed by atoms with van der Waals surface area (Å²) in [5, 5.41) is 0. The van der Waals surface area contributed by atoms with E-state index in [0.717, 1.165) is 16.7 Å². The van der Waals surface area contributed by atoms with Gasteiger partial charge < -0.3 is 9.47 Å². The highest BCUT2D eigenvalue weighted by atomic mass is 16.6. The Balaban J connectivity index is 2.04. The quantitative estimate of drug-likeness (QED) is 0.754. The van der Waals surface area contributed by atoms with E-state index in [0.29, 0.717) is 13.2 Å². The molecule has 0 saturated carbocycles. The molecule has 0 atom stereocenters. The van der Waals surface area contributed by atoms with Crippen molar-refractivity contribution in [1.82, 2.24) is 0 Å². The molecule has 2 aromatic carbocycles. The van der Waals surface area contributed by atoms with Gasteiger partial charge in [-0.15, -0.1) is 0 Å². The molecule has 0 saturated heterocycles. The van der Waals surface area contributed by atoms with Crippen LogP contribution in [-0.4, -0.2) is 19.2 Å². The number of ether oxygens (including phenoxy) is 2. The Morgan fingerprint density at radius 1 is 1.00 bits per heavy atom. The second kappa shape index (κ2) is 7.46. The normalized spacial score (nSPS) is 10.2. The zero-order valence-corrected chi connectivity index (χ0v) is 11.5. The van der Waals surface area contributed by atoms with E-state index in [1.165, 1.54) is 0 Å². The summed E-state index contributed by atoms with van der Waals surface area (Å²) in [6.07, 6.45) is 0. The molecule has 104 valence electrons. The molecule has 0 amide bonds. The van der Waals surface area contributed by atoms with Crippen LogP contribution in [0.1, 0.15) is 12.5 Å². The number of carbonyl (C=O) groups is 1. The van der Waals surface area contributed by atoms with Crippen LogP contribution in [0, 0.1) is 0 Å². The van der Waals surface area contributed by atoms with Gasteiger partial charge in [0.05, 0.1) is 13.2 Å². The van der Waals surface area contributed by atoms with Crippen LogP contribution in [-0.2, 0) is 20.9 Å². The first-order valence-electron chi connectivity index (χ1n) is 6.68. The minimum absolute atomic E-state index is 0.0169. The van der Waals surface area contributed by atoms with E-state index in [-0.39, 0.29) is 12.6 Å². The van der Waals surface area contributed by atoms with E-state index in [2.05, 4.69) is 18.2 Å². The predicted molar refractivity (Wildman–Crippen MR) is 78.2 cm³/mol.